The highest BCUT2D eigenvalue weighted by Gasteiger charge is 2.27. The molecule has 108 valence electrons. The summed E-state index contributed by atoms with van der Waals surface area (Å²) >= 11 is 1.27. The van der Waals surface area contributed by atoms with Crippen LogP contribution in [0.25, 0.3) is 0 Å². The van der Waals surface area contributed by atoms with Crippen LogP contribution in [-0.2, 0) is 9.59 Å². The van der Waals surface area contributed by atoms with E-state index in [9.17, 15) is 14.0 Å². The summed E-state index contributed by atoms with van der Waals surface area (Å²) in [5.41, 5.74) is 0.250. The molecule has 2 heterocycles. The Morgan fingerprint density at radius 3 is 3.14 bits per heavy atom. The summed E-state index contributed by atoms with van der Waals surface area (Å²) in [6.45, 7) is -0.401. The lowest BCUT2D eigenvalue weighted by atomic mass is 10.2. The molecule has 0 unspecified atom stereocenters. The largest absolute Gasteiger partial charge is 0.482 e. The van der Waals surface area contributed by atoms with E-state index in [0.29, 0.717) is 10.9 Å². The van der Waals surface area contributed by atoms with E-state index in [1.165, 1.54) is 34.4 Å². The number of halogens is 1. The third-order valence-electron chi connectivity index (χ3n) is 2.84. The molecule has 0 saturated carbocycles. The predicted octanol–water partition coefficient (Wildman–Crippen LogP) is 1.65. The van der Waals surface area contributed by atoms with Crippen molar-refractivity contribution in [3.05, 3.63) is 35.6 Å². The van der Waals surface area contributed by atoms with Gasteiger partial charge < -0.3 is 10.1 Å². The molecule has 0 saturated heterocycles. The molecule has 8 heteroatoms. The number of hydrogen-bond acceptors (Lipinski definition) is 5. The van der Waals surface area contributed by atoms with Gasteiger partial charge in [-0.1, -0.05) is 0 Å². The number of anilines is 2. The first-order valence-electron chi connectivity index (χ1n) is 6.05. The fourth-order valence-electron chi connectivity index (χ4n) is 1.94. The number of thiazole rings is 1. The van der Waals surface area contributed by atoms with Crippen molar-refractivity contribution in [3.8, 4) is 5.75 Å². The van der Waals surface area contributed by atoms with Crippen molar-refractivity contribution in [3.63, 3.8) is 0 Å². The molecule has 3 rings (SSSR count). The lowest BCUT2D eigenvalue weighted by molar-refractivity contribution is -0.123. The quantitative estimate of drug-likeness (QED) is 0.936. The molecule has 2 amide bonds. The van der Waals surface area contributed by atoms with Crippen molar-refractivity contribution in [2.75, 3.05) is 23.4 Å². The number of fused-ring (bicyclic) bond motifs is 1. The van der Waals surface area contributed by atoms with Crippen LogP contribution in [0.5, 0.6) is 5.75 Å². The van der Waals surface area contributed by atoms with Gasteiger partial charge in [0.15, 0.2) is 11.7 Å². The highest BCUT2D eigenvalue weighted by Crippen LogP contribution is 2.32. The normalized spacial score (nSPS) is 13.6. The second kappa shape index (κ2) is 5.49. The first kappa shape index (κ1) is 13.5. The van der Waals surface area contributed by atoms with E-state index in [1.54, 1.807) is 11.6 Å². The topological polar surface area (TPSA) is 71.5 Å². The summed E-state index contributed by atoms with van der Waals surface area (Å²) in [6.07, 6.45) is 1.56. The number of nitrogens with zero attached hydrogens (tertiary/aromatic N) is 2. The van der Waals surface area contributed by atoms with Crippen molar-refractivity contribution in [1.82, 2.24) is 4.98 Å². The van der Waals surface area contributed by atoms with Crippen molar-refractivity contribution < 1.29 is 18.7 Å². The Balaban J connectivity index is 1.80. The van der Waals surface area contributed by atoms with E-state index in [4.69, 9.17) is 4.74 Å². The third-order valence-corrected chi connectivity index (χ3v) is 3.53. The number of benzene rings is 1. The molecule has 6 nitrogen and oxygen atoms in total. The minimum atomic E-state index is -0.502. The number of nitrogens with one attached hydrogen (secondary N) is 1. The van der Waals surface area contributed by atoms with Gasteiger partial charge in [0.1, 0.15) is 18.1 Å². The Morgan fingerprint density at radius 2 is 2.38 bits per heavy atom. The number of carbonyl (C=O) groups excluding carboxylic acids is 2. The Morgan fingerprint density at radius 1 is 1.52 bits per heavy atom. The van der Waals surface area contributed by atoms with Crippen molar-refractivity contribution >= 4 is 34.0 Å². The molecule has 0 bridgehead atoms. The zero-order valence-corrected chi connectivity index (χ0v) is 11.5. The van der Waals surface area contributed by atoms with Crippen LogP contribution in [0.3, 0.4) is 0 Å². The number of carbonyl (C=O) groups is 2. The minimum Gasteiger partial charge on any atom is -0.482 e. The molecule has 2 aromatic rings. The van der Waals surface area contributed by atoms with Crippen molar-refractivity contribution in [2.24, 2.45) is 0 Å². The molecule has 21 heavy (non-hydrogen) atoms. The Hall–Kier alpha value is -2.48. The van der Waals surface area contributed by atoms with E-state index >= 15 is 0 Å². The molecule has 1 aromatic carbocycles. The molecule has 0 radical (unpaired) electrons. The molecule has 1 aliphatic heterocycles. The van der Waals surface area contributed by atoms with Crippen LogP contribution in [0.1, 0.15) is 0 Å². The van der Waals surface area contributed by atoms with Gasteiger partial charge in [-0.15, -0.1) is 11.3 Å². The van der Waals surface area contributed by atoms with Crippen LogP contribution in [-0.4, -0.2) is 29.9 Å². The lowest BCUT2D eigenvalue weighted by Gasteiger charge is -2.28. The average molecular weight is 307 g/mol. The van der Waals surface area contributed by atoms with Crippen molar-refractivity contribution in [1.29, 1.82) is 0 Å². The van der Waals surface area contributed by atoms with Gasteiger partial charge in [0, 0.05) is 17.6 Å². The Labute approximate surface area is 123 Å². The third kappa shape index (κ3) is 2.84. The molecular formula is C13H10FN3O3S. The second-order valence-corrected chi connectivity index (χ2v) is 5.16. The Bertz CT molecular complexity index is 690. The number of aromatic nitrogens is 1. The van der Waals surface area contributed by atoms with E-state index < -0.39 is 17.6 Å². The van der Waals surface area contributed by atoms with Gasteiger partial charge in [0.25, 0.3) is 5.91 Å². The maximum atomic E-state index is 13.3. The number of ether oxygens (including phenoxy) is 1. The van der Waals surface area contributed by atoms with Crippen LogP contribution < -0.4 is 15.0 Å². The maximum absolute atomic E-state index is 13.3. The second-order valence-electron chi connectivity index (χ2n) is 4.27. The standard InChI is InChI=1S/C13H10FN3O3S/c14-8-1-2-10-9(5-8)17(12(19)7-20-10)6-11(18)16-13-15-3-4-21-13/h1-5H,6-7H2,(H,15,16,18). The summed E-state index contributed by atoms with van der Waals surface area (Å²) in [4.78, 5) is 29.0. The summed E-state index contributed by atoms with van der Waals surface area (Å²) in [6, 6.07) is 3.84. The first-order chi connectivity index (χ1) is 10.1. The van der Waals surface area contributed by atoms with E-state index in [2.05, 4.69) is 10.3 Å². The van der Waals surface area contributed by atoms with Gasteiger partial charge in [-0.05, 0) is 12.1 Å². The van der Waals surface area contributed by atoms with Crippen LogP contribution in [0.4, 0.5) is 15.2 Å². The Kier molecular flexibility index (Phi) is 3.53. The lowest BCUT2D eigenvalue weighted by Crippen LogP contribution is -2.43. The smallest absolute Gasteiger partial charge is 0.265 e. The minimum absolute atomic E-state index is 0.177. The van der Waals surface area contributed by atoms with E-state index in [-0.39, 0.29) is 18.8 Å². The van der Waals surface area contributed by atoms with Gasteiger partial charge >= 0.3 is 0 Å². The van der Waals surface area contributed by atoms with Gasteiger partial charge in [0.05, 0.1) is 5.69 Å². The molecule has 0 spiro atoms. The van der Waals surface area contributed by atoms with Crippen LogP contribution in [0.2, 0.25) is 0 Å². The van der Waals surface area contributed by atoms with Gasteiger partial charge in [-0.3, -0.25) is 14.5 Å². The summed E-state index contributed by atoms with van der Waals surface area (Å²) < 4.78 is 18.5. The zero-order valence-electron chi connectivity index (χ0n) is 10.7. The van der Waals surface area contributed by atoms with Gasteiger partial charge in [-0.2, -0.15) is 0 Å². The number of hydrogen-bond donors (Lipinski definition) is 1. The molecule has 1 N–H and O–H groups in total. The molecule has 0 aliphatic carbocycles. The predicted molar refractivity (Wildman–Crippen MR) is 75.0 cm³/mol. The summed E-state index contributed by atoms with van der Waals surface area (Å²) in [5, 5.41) is 4.74. The molecule has 0 fully saturated rings. The average Bonchev–Trinajstić information content (AvgIpc) is 2.95. The van der Waals surface area contributed by atoms with E-state index in [1.807, 2.05) is 0 Å². The fourth-order valence-corrected chi connectivity index (χ4v) is 2.48. The number of rotatable bonds is 3. The van der Waals surface area contributed by atoms with Crippen LogP contribution >= 0.6 is 11.3 Å². The maximum Gasteiger partial charge on any atom is 0.265 e. The fraction of sp³-hybridized carbons (Fsp3) is 0.154. The van der Waals surface area contributed by atoms with E-state index in [0.717, 1.165) is 0 Å². The zero-order chi connectivity index (χ0) is 14.8. The number of amides is 2. The molecule has 1 aliphatic rings. The van der Waals surface area contributed by atoms with Crippen LogP contribution in [0, 0.1) is 5.82 Å². The highest BCUT2D eigenvalue weighted by molar-refractivity contribution is 7.13. The summed E-state index contributed by atoms with van der Waals surface area (Å²) in [7, 11) is 0. The SMILES string of the molecule is O=C(CN1C(=O)COc2ccc(F)cc21)Nc1nccs1. The van der Waals surface area contributed by atoms with Gasteiger partial charge in [-0.25, -0.2) is 9.37 Å². The molecule has 1 aromatic heterocycles. The highest BCUT2D eigenvalue weighted by atomic mass is 32.1. The summed E-state index contributed by atoms with van der Waals surface area (Å²) in [5.74, 6) is -0.937. The van der Waals surface area contributed by atoms with Gasteiger partial charge in [0.2, 0.25) is 5.91 Å². The molecule has 0 atom stereocenters. The van der Waals surface area contributed by atoms with Crippen molar-refractivity contribution in [2.45, 2.75) is 0 Å². The first-order valence-corrected chi connectivity index (χ1v) is 6.93. The molecular weight excluding hydrogens is 297 g/mol. The monoisotopic (exact) mass is 307 g/mol. The van der Waals surface area contributed by atoms with Crippen LogP contribution in [0.15, 0.2) is 29.8 Å².